The Morgan fingerprint density at radius 1 is 0.897 bits per heavy atom. The van der Waals surface area contributed by atoms with E-state index >= 15 is 0 Å². The molecule has 3 aromatic rings. The summed E-state index contributed by atoms with van der Waals surface area (Å²) in [6.45, 7) is 0.624. The Balaban J connectivity index is 1.59. The lowest BCUT2D eigenvalue weighted by Crippen LogP contribution is -2.14. The van der Waals surface area contributed by atoms with E-state index in [1.54, 1.807) is 19.2 Å². The van der Waals surface area contributed by atoms with Crippen LogP contribution in [0.15, 0.2) is 78.9 Å². The molecule has 0 heterocycles. The first-order chi connectivity index (χ1) is 14.2. The molecule has 0 aliphatic carbocycles. The van der Waals surface area contributed by atoms with Crippen LogP contribution in [0, 0.1) is 0 Å². The highest BCUT2D eigenvalue weighted by molar-refractivity contribution is 5.76. The van der Waals surface area contributed by atoms with Crippen molar-refractivity contribution in [1.82, 2.24) is 0 Å². The number of aliphatic carboxylic acids is 1. The van der Waals surface area contributed by atoms with Gasteiger partial charge in [0.05, 0.1) is 19.6 Å². The maximum Gasteiger partial charge on any atom is 0.311 e. The Morgan fingerprint density at radius 2 is 1.62 bits per heavy atom. The molecule has 0 aliphatic heterocycles. The van der Waals surface area contributed by atoms with Crippen LogP contribution < -0.4 is 9.47 Å². The first kappa shape index (κ1) is 20.5. The number of benzene rings is 3. The molecule has 0 fully saturated rings. The van der Waals surface area contributed by atoms with Gasteiger partial charge in [0.2, 0.25) is 0 Å². The van der Waals surface area contributed by atoms with E-state index in [1.807, 2.05) is 54.6 Å². The molecular weight excluding hydrogens is 364 g/mol. The van der Waals surface area contributed by atoms with Crippen molar-refractivity contribution >= 4 is 5.97 Å². The Morgan fingerprint density at radius 3 is 2.31 bits per heavy atom. The molecule has 0 saturated heterocycles. The van der Waals surface area contributed by atoms with Gasteiger partial charge in [-0.15, -0.1) is 0 Å². The third-order valence-corrected chi connectivity index (χ3v) is 4.88. The molecule has 3 aromatic carbocycles. The van der Waals surface area contributed by atoms with Gasteiger partial charge < -0.3 is 14.6 Å². The topological polar surface area (TPSA) is 55.8 Å². The van der Waals surface area contributed by atoms with Crippen molar-refractivity contribution in [3.63, 3.8) is 0 Å². The minimum absolute atomic E-state index is 0.406. The van der Waals surface area contributed by atoms with Crippen molar-refractivity contribution in [1.29, 1.82) is 0 Å². The maximum absolute atomic E-state index is 11.8. The quantitative estimate of drug-likeness (QED) is 0.488. The van der Waals surface area contributed by atoms with E-state index < -0.39 is 11.9 Å². The van der Waals surface area contributed by atoms with E-state index in [0.29, 0.717) is 18.8 Å². The number of carboxylic acids is 1. The number of aryl methyl sites for hydroxylation is 1. The third kappa shape index (κ3) is 6.11. The minimum atomic E-state index is -0.843. The maximum atomic E-state index is 11.8. The SMILES string of the molecule is COc1ccc(C(Cc2cccc(OCCCc3ccccc3)c2)C(=O)O)cc1. The number of ether oxygens (including phenoxy) is 2. The fraction of sp³-hybridized carbons (Fsp3) is 0.240. The zero-order chi connectivity index (χ0) is 20.5. The van der Waals surface area contributed by atoms with Crippen molar-refractivity contribution in [2.75, 3.05) is 13.7 Å². The summed E-state index contributed by atoms with van der Waals surface area (Å²) in [5.74, 6) is 0.0248. The van der Waals surface area contributed by atoms with Crippen LogP contribution in [-0.2, 0) is 17.6 Å². The molecule has 1 atom stereocenters. The molecule has 0 bridgehead atoms. The minimum Gasteiger partial charge on any atom is -0.497 e. The molecule has 1 N–H and O–H groups in total. The Kier molecular flexibility index (Phi) is 7.28. The molecule has 0 spiro atoms. The third-order valence-electron chi connectivity index (χ3n) is 4.88. The van der Waals surface area contributed by atoms with E-state index in [1.165, 1.54) is 5.56 Å². The van der Waals surface area contributed by atoms with E-state index in [9.17, 15) is 9.90 Å². The van der Waals surface area contributed by atoms with Gasteiger partial charge in [-0.1, -0.05) is 54.6 Å². The summed E-state index contributed by atoms with van der Waals surface area (Å²) in [6, 6.07) is 25.2. The first-order valence-electron chi connectivity index (χ1n) is 9.78. The van der Waals surface area contributed by atoms with Crippen LogP contribution in [0.2, 0.25) is 0 Å². The van der Waals surface area contributed by atoms with Crippen molar-refractivity contribution in [3.05, 3.63) is 95.6 Å². The van der Waals surface area contributed by atoms with Crippen molar-refractivity contribution in [2.45, 2.75) is 25.2 Å². The summed E-state index contributed by atoms with van der Waals surface area (Å²) in [7, 11) is 1.59. The first-order valence-corrected chi connectivity index (χ1v) is 9.78. The average molecular weight is 390 g/mol. The molecule has 0 amide bonds. The largest absolute Gasteiger partial charge is 0.497 e. The number of carboxylic acid groups (broad SMARTS) is 1. The fourth-order valence-electron chi connectivity index (χ4n) is 3.29. The standard InChI is InChI=1S/C25H26O4/c1-28-22-14-12-21(13-15-22)24(25(26)27)18-20-9-5-11-23(17-20)29-16-6-10-19-7-3-2-4-8-19/h2-5,7-9,11-15,17,24H,6,10,16,18H2,1H3,(H,26,27). The van der Waals surface area contributed by atoms with Crippen LogP contribution in [-0.4, -0.2) is 24.8 Å². The molecule has 0 aromatic heterocycles. The summed E-state index contributed by atoms with van der Waals surface area (Å²) in [5.41, 5.74) is 3.00. The molecule has 0 radical (unpaired) electrons. The van der Waals surface area contributed by atoms with Crippen LogP contribution >= 0.6 is 0 Å². The number of rotatable bonds is 10. The molecule has 1 unspecified atom stereocenters. The monoisotopic (exact) mass is 390 g/mol. The summed E-state index contributed by atoms with van der Waals surface area (Å²) in [6.07, 6.45) is 2.31. The molecule has 3 rings (SSSR count). The van der Waals surface area contributed by atoms with Crippen molar-refractivity contribution in [3.8, 4) is 11.5 Å². The second-order valence-corrected chi connectivity index (χ2v) is 6.95. The van der Waals surface area contributed by atoms with E-state index in [-0.39, 0.29) is 0 Å². The summed E-state index contributed by atoms with van der Waals surface area (Å²) < 4.78 is 11.0. The number of carbonyl (C=O) groups is 1. The second-order valence-electron chi connectivity index (χ2n) is 6.95. The number of hydrogen-bond donors (Lipinski definition) is 1. The number of hydrogen-bond acceptors (Lipinski definition) is 3. The average Bonchev–Trinajstić information content (AvgIpc) is 2.76. The summed E-state index contributed by atoms with van der Waals surface area (Å²) >= 11 is 0. The Labute approximate surface area is 171 Å². The van der Waals surface area contributed by atoms with Gasteiger partial charge >= 0.3 is 5.97 Å². The molecular formula is C25H26O4. The molecule has 0 aliphatic rings. The van der Waals surface area contributed by atoms with Gasteiger partial charge in [0, 0.05) is 0 Å². The molecule has 4 nitrogen and oxygen atoms in total. The Hall–Kier alpha value is -3.27. The summed E-state index contributed by atoms with van der Waals surface area (Å²) in [5, 5.41) is 9.70. The van der Waals surface area contributed by atoms with Gasteiger partial charge in [-0.3, -0.25) is 4.79 Å². The van der Waals surface area contributed by atoms with Gasteiger partial charge in [0.1, 0.15) is 11.5 Å². The van der Waals surface area contributed by atoms with E-state index in [0.717, 1.165) is 29.7 Å². The highest BCUT2D eigenvalue weighted by Gasteiger charge is 2.20. The van der Waals surface area contributed by atoms with E-state index in [2.05, 4.69) is 12.1 Å². The lowest BCUT2D eigenvalue weighted by molar-refractivity contribution is -0.138. The lowest BCUT2D eigenvalue weighted by Gasteiger charge is -2.14. The van der Waals surface area contributed by atoms with Crippen LogP contribution in [0.3, 0.4) is 0 Å². The van der Waals surface area contributed by atoms with E-state index in [4.69, 9.17) is 9.47 Å². The van der Waals surface area contributed by atoms with Gasteiger partial charge in [0.25, 0.3) is 0 Å². The molecule has 29 heavy (non-hydrogen) atoms. The molecule has 150 valence electrons. The fourth-order valence-corrected chi connectivity index (χ4v) is 3.29. The second kappa shape index (κ2) is 10.3. The van der Waals surface area contributed by atoms with Gasteiger partial charge in [-0.2, -0.15) is 0 Å². The molecule has 4 heteroatoms. The van der Waals surface area contributed by atoms with Gasteiger partial charge in [0.15, 0.2) is 0 Å². The highest BCUT2D eigenvalue weighted by atomic mass is 16.5. The molecule has 0 saturated carbocycles. The predicted octanol–water partition coefficient (Wildman–Crippen LogP) is 5.12. The lowest BCUT2D eigenvalue weighted by atomic mass is 9.92. The van der Waals surface area contributed by atoms with Crippen LogP contribution in [0.1, 0.15) is 29.0 Å². The van der Waals surface area contributed by atoms with Crippen LogP contribution in [0.4, 0.5) is 0 Å². The van der Waals surface area contributed by atoms with Crippen molar-refractivity contribution < 1.29 is 19.4 Å². The number of methoxy groups -OCH3 is 1. The highest BCUT2D eigenvalue weighted by Crippen LogP contribution is 2.25. The van der Waals surface area contributed by atoms with Crippen molar-refractivity contribution in [2.24, 2.45) is 0 Å². The Bertz CT molecular complexity index is 904. The smallest absolute Gasteiger partial charge is 0.311 e. The van der Waals surface area contributed by atoms with Crippen LogP contribution in [0.25, 0.3) is 0 Å². The van der Waals surface area contributed by atoms with Gasteiger partial charge in [-0.05, 0) is 60.2 Å². The normalized spacial score (nSPS) is 11.6. The summed E-state index contributed by atoms with van der Waals surface area (Å²) in [4.78, 5) is 11.8. The van der Waals surface area contributed by atoms with Crippen LogP contribution in [0.5, 0.6) is 11.5 Å². The van der Waals surface area contributed by atoms with Gasteiger partial charge in [-0.25, -0.2) is 0 Å². The zero-order valence-corrected chi connectivity index (χ0v) is 16.6. The zero-order valence-electron chi connectivity index (χ0n) is 16.6. The predicted molar refractivity (Wildman–Crippen MR) is 114 cm³/mol.